The Labute approximate surface area is 149 Å². The lowest BCUT2D eigenvalue weighted by Gasteiger charge is -2.24. The SMILES string of the molecule is CC(c1ccc(OCC(F)F)c(Cl)c1)N1Cc2ccnc(Cl)c2C1. The Morgan fingerprint density at radius 3 is 2.71 bits per heavy atom. The molecule has 1 atom stereocenters. The maximum atomic E-state index is 12.2. The molecule has 0 aliphatic carbocycles. The average molecular weight is 373 g/mol. The highest BCUT2D eigenvalue weighted by atomic mass is 35.5. The molecule has 1 aliphatic rings. The van der Waals surface area contributed by atoms with Crippen LogP contribution in [-0.4, -0.2) is 22.9 Å². The standard InChI is InChI=1S/C17H16Cl2F2N2O/c1-10(23-7-12-4-5-22-17(19)13(12)8-23)11-2-3-15(14(18)6-11)24-9-16(20)21/h2-6,10,16H,7-9H2,1H3. The summed E-state index contributed by atoms with van der Waals surface area (Å²) in [6.45, 7) is 2.89. The van der Waals surface area contributed by atoms with Crippen molar-refractivity contribution < 1.29 is 13.5 Å². The molecule has 2 aromatic rings. The number of rotatable bonds is 5. The quantitative estimate of drug-likeness (QED) is 0.681. The van der Waals surface area contributed by atoms with Gasteiger partial charge in [-0.15, -0.1) is 0 Å². The molecular weight excluding hydrogens is 357 g/mol. The van der Waals surface area contributed by atoms with Crippen molar-refractivity contribution in [2.75, 3.05) is 6.61 Å². The molecule has 0 saturated heterocycles. The third kappa shape index (κ3) is 3.63. The number of aromatic nitrogens is 1. The molecule has 1 aromatic carbocycles. The van der Waals surface area contributed by atoms with Crippen molar-refractivity contribution >= 4 is 23.2 Å². The van der Waals surface area contributed by atoms with Crippen LogP contribution in [0.4, 0.5) is 8.78 Å². The van der Waals surface area contributed by atoms with Crippen molar-refractivity contribution in [3.8, 4) is 5.75 Å². The van der Waals surface area contributed by atoms with E-state index in [2.05, 4.69) is 16.8 Å². The van der Waals surface area contributed by atoms with Gasteiger partial charge < -0.3 is 4.74 Å². The van der Waals surface area contributed by atoms with Gasteiger partial charge in [-0.05, 0) is 36.2 Å². The first kappa shape index (κ1) is 17.4. The average Bonchev–Trinajstić information content (AvgIpc) is 2.98. The van der Waals surface area contributed by atoms with Crippen LogP contribution in [0.5, 0.6) is 5.75 Å². The van der Waals surface area contributed by atoms with Crippen molar-refractivity contribution in [1.82, 2.24) is 9.88 Å². The number of pyridine rings is 1. The first-order valence-electron chi connectivity index (χ1n) is 7.52. The van der Waals surface area contributed by atoms with Gasteiger partial charge in [-0.2, -0.15) is 0 Å². The van der Waals surface area contributed by atoms with Crippen LogP contribution in [0, 0.1) is 0 Å². The van der Waals surface area contributed by atoms with E-state index >= 15 is 0 Å². The minimum atomic E-state index is -2.53. The highest BCUT2D eigenvalue weighted by Crippen LogP contribution is 2.36. The van der Waals surface area contributed by atoms with Crippen LogP contribution in [0.2, 0.25) is 10.2 Å². The third-order valence-electron chi connectivity index (χ3n) is 4.19. The van der Waals surface area contributed by atoms with Gasteiger partial charge in [-0.3, -0.25) is 4.90 Å². The van der Waals surface area contributed by atoms with Crippen LogP contribution < -0.4 is 4.74 Å². The van der Waals surface area contributed by atoms with E-state index in [0.29, 0.717) is 16.7 Å². The van der Waals surface area contributed by atoms with Gasteiger partial charge in [0, 0.05) is 30.9 Å². The molecule has 0 spiro atoms. The molecule has 0 radical (unpaired) electrons. The first-order chi connectivity index (χ1) is 11.5. The zero-order valence-corrected chi connectivity index (χ0v) is 14.5. The van der Waals surface area contributed by atoms with Gasteiger partial charge in [0.2, 0.25) is 0 Å². The molecule has 1 unspecified atom stereocenters. The largest absolute Gasteiger partial charge is 0.486 e. The summed E-state index contributed by atoms with van der Waals surface area (Å²) in [6, 6.07) is 7.31. The lowest BCUT2D eigenvalue weighted by atomic mass is 10.1. The summed E-state index contributed by atoms with van der Waals surface area (Å²) < 4.78 is 29.5. The predicted molar refractivity (Wildman–Crippen MR) is 89.9 cm³/mol. The Kier molecular flexibility index (Phi) is 5.23. The number of fused-ring (bicyclic) bond motifs is 1. The molecule has 24 heavy (non-hydrogen) atoms. The lowest BCUT2D eigenvalue weighted by Crippen LogP contribution is -2.20. The number of hydrogen-bond donors (Lipinski definition) is 0. The highest BCUT2D eigenvalue weighted by molar-refractivity contribution is 6.32. The summed E-state index contributed by atoms with van der Waals surface area (Å²) in [5.41, 5.74) is 3.21. The molecule has 0 bridgehead atoms. The molecule has 3 nitrogen and oxygen atoms in total. The Hall–Kier alpha value is -1.43. The molecule has 2 heterocycles. The number of halogens is 4. The number of nitrogens with zero attached hydrogens (tertiary/aromatic N) is 2. The Morgan fingerprint density at radius 2 is 2.04 bits per heavy atom. The van der Waals surface area contributed by atoms with Crippen molar-refractivity contribution in [2.45, 2.75) is 32.5 Å². The summed E-state index contributed by atoms with van der Waals surface area (Å²) >= 11 is 12.3. The second-order valence-corrected chi connectivity index (χ2v) is 6.48. The van der Waals surface area contributed by atoms with Crippen LogP contribution in [0.1, 0.15) is 29.7 Å². The molecule has 0 saturated carbocycles. The summed E-state index contributed by atoms with van der Waals surface area (Å²) in [5, 5.41) is 0.868. The molecule has 1 aromatic heterocycles. The number of ether oxygens (including phenoxy) is 1. The van der Waals surface area contributed by atoms with E-state index in [0.717, 1.165) is 17.7 Å². The van der Waals surface area contributed by atoms with E-state index in [1.807, 2.05) is 12.1 Å². The lowest BCUT2D eigenvalue weighted by molar-refractivity contribution is 0.0819. The molecule has 0 amide bonds. The molecular formula is C17H16Cl2F2N2O. The van der Waals surface area contributed by atoms with E-state index in [1.165, 1.54) is 5.56 Å². The zero-order chi connectivity index (χ0) is 17.3. The summed E-state index contributed by atoms with van der Waals surface area (Å²) in [4.78, 5) is 6.37. The normalized spacial score (nSPS) is 15.6. The fourth-order valence-electron chi connectivity index (χ4n) is 2.83. The van der Waals surface area contributed by atoms with Crippen molar-refractivity contribution in [3.05, 3.63) is 57.3 Å². The van der Waals surface area contributed by atoms with Crippen LogP contribution in [0.15, 0.2) is 30.5 Å². The van der Waals surface area contributed by atoms with Gasteiger partial charge in [-0.25, -0.2) is 13.8 Å². The molecule has 0 N–H and O–H groups in total. The van der Waals surface area contributed by atoms with Crippen molar-refractivity contribution in [2.24, 2.45) is 0 Å². The Bertz CT molecular complexity index is 743. The fourth-order valence-corrected chi connectivity index (χ4v) is 3.31. The second-order valence-electron chi connectivity index (χ2n) is 5.71. The minimum absolute atomic E-state index is 0.0927. The van der Waals surface area contributed by atoms with E-state index in [1.54, 1.807) is 18.3 Å². The minimum Gasteiger partial charge on any atom is -0.486 e. The smallest absolute Gasteiger partial charge is 0.272 e. The first-order valence-corrected chi connectivity index (χ1v) is 8.28. The number of hydrogen-bond acceptors (Lipinski definition) is 3. The molecule has 7 heteroatoms. The van der Waals surface area contributed by atoms with Crippen molar-refractivity contribution in [1.29, 1.82) is 0 Å². The van der Waals surface area contributed by atoms with E-state index in [4.69, 9.17) is 27.9 Å². The van der Waals surface area contributed by atoms with Gasteiger partial charge >= 0.3 is 0 Å². The Balaban J connectivity index is 1.73. The van der Waals surface area contributed by atoms with Crippen LogP contribution >= 0.6 is 23.2 Å². The van der Waals surface area contributed by atoms with Gasteiger partial charge in [0.05, 0.1) is 5.02 Å². The molecule has 3 rings (SSSR count). The molecule has 0 fully saturated rings. The third-order valence-corrected chi connectivity index (χ3v) is 4.81. The Morgan fingerprint density at radius 1 is 1.25 bits per heavy atom. The van der Waals surface area contributed by atoms with E-state index in [9.17, 15) is 8.78 Å². The van der Waals surface area contributed by atoms with Gasteiger partial charge in [0.15, 0.2) is 0 Å². The number of alkyl halides is 2. The van der Waals surface area contributed by atoms with E-state index in [-0.39, 0.29) is 11.8 Å². The number of benzene rings is 1. The predicted octanol–water partition coefficient (Wildman–Crippen LogP) is 5.11. The highest BCUT2D eigenvalue weighted by Gasteiger charge is 2.26. The van der Waals surface area contributed by atoms with Gasteiger partial charge in [0.1, 0.15) is 17.5 Å². The monoisotopic (exact) mass is 372 g/mol. The summed E-state index contributed by atoms with van der Waals surface area (Å²) in [6.07, 6.45) is -0.817. The van der Waals surface area contributed by atoms with Gasteiger partial charge in [0.25, 0.3) is 6.43 Å². The maximum absolute atomic E-state index is 12.2. The fraction of sp³-hybridized carbons (Fsp3) is 0.353. The summed E-state index contributed by atoms with van der Waals surface area (Å²) in [7, 11) is 0. The summed E-state index contributed by atoms with van der Waals surface area (Å²) in [5.74, 6) is 0.268. The maximum Gasteiger partial charge on any atom is 0.272 e. The molecule has 1 aliphatic heterocycles. The molecule has 128 valence electrons. The topological polar surface area (TPSA) is 25.4 Å². The van der Waals surface area contributed by atoms with Crippen LogP contribution in [-0.2, 0) is 13.1 Å². The second kappa shape index (κ2) is 7.21. The van der Waals surface area contributed by atoms with Crippen molar-refractivity contribution in [3.63, 3.8) is 0 Å². The van der Waals surface area contributed by atoms with Crippen LogP contribution in [0.3, 0.4) is 0 Å². The zero-order valence-electron chi connectivity index (χ0n) is 13.0. The van der Waals surface area contributed by atoms with Gasteiger partial charge in [-0.1, -0.05) is 29.3 Å². The van der Waals surface area contributed by atoms with Crippen LogP contribution in [0.25, 0.3) is 0 Å². The van der Waals surface area contributed by atoms with E-state index < -0.39 is 13.0 Å².